The van der Waals surface area contributed by atoms with Crippen molar-refractivity contribution in [3.8, 4) is 11.5 Å². The molecule has 0 spiro atoms. The first-order valence-electron chi connectivity index (χ1n) is 11.8. The summed E-state index contributed by atoms with van der Waals surface area (Å²) in [7, 11) is 0. The van der Waals surface area contributed by atoms with E-state index < -0.39 is 11.9 Å². The minimum Gasteiger partial charge on any atom is -0.490 e. The molecule has 1 amide bonds. The highest BCUT2D eigenvalue weighted by Gasteiger charge is 2.15. The second-order valence-corrected chi connectivity index (χ2v) is 8.65. The molecule has 0 atom stereocenters. The number of ether oxygens (including phenoxy) is 2. The number of fused-ring (bicyclic) bond motifs is 1. The minimum absolute atomic E-state index is 0.113. The highest BCUT2D eigenvalue weighted by Crippen LogP contribution is 2.34. The molecule has 1 aromatic heterocycles. The lowest BCUT2D eigenvalue weighted by Crippen LogP contribution is -2.16. The van der Waals surface area contributed by atoms with Crippen molar-refractivity contribution in [3.05, 3.63) is 106 Å². The van der Waals surface area contributed by atoms with Gasteiger partial charge in [0, 0.05) is 16.0 Å². The van der Waals surface area contributed by atoms with Crippen LogP contribution in [0.1, 0.15) is 44.5 Å². The third-order valence-electron chi connectivity index (χ3n) is 5.48. The van der Waals surface area contributed by atoms with Crippen LogP contribution in [0.3, 0.4) is 0 Å². The second-order valence-electron chi connectivity index (χ2n) is 8.22. The van der Waals surface area contributed by atoms with Crippen molar-refractivity contribution in [2.75, 3.05) is 6.61 Å². The fourth-order valence-corrected chi connectivity index (χ4v) is 3.92. The van der Waals surface area contributed by atoms with Crippen LogP contribution >= 0.6 is 11.6 Å². The van der Waals surface area contributed by atoms with Crippen LogP contribution in [-0.2, 0) is 13.0 Å². The van der Waals surface area contributed by atoms with Crippen molar-refractivity contribution in [2.24, 2.45) is 5.10 Å². The van der Waals surface area contributed by atoms with Gasteiger partial charge in [-0.2, -0.15) is 5.10 Å². The summed E-state index contributed by atoms with van der Waals surface area (Å²) in [4.78, 5) is 23.6. The second kappa shape index (κ2) is 12.1. The lowest BCUT2D eigenvalue weighted by atomic mass is 10.1. The summed E-state index contributed by atoms with van der Waals surface area (Å²) < 4.78 is 17.5. The minimum atomic E-state index is -0.986. The number of nitrogens with one attached hydrogen (secondary N) is 1. The molecular formula is C29H25ClN2O6. The normalized spacial score (nSPS) is 11.0. The van der Waals surface area contributed by atoms with Gasteiger partial charge >= 0.3 is 11.9 Å². The summed E-state index contributed by atoms with van der Waals surface area (Å²) in [5.74, 6) is -0.312. The van der Waals surface area contributed by atoms with Crippen LogP contribution in [0.2, 0.25) is 5.02 Å². The van der Waals surface area contributed by atoms with Gasteiger partial charge in [0.15, 0.2) is 17.3 Å². The number of allylic oxidation sites excluding steroid dienone is 1. The molecule has 0 saturated heterocycles. The number of furan rings is 1. The van der Waals surface area contributed by atoms with Crippen LogP contribution in [0.15, 0.2) is 82.8 Å². The Morgan fingerprint density at radius 1 is 1.11 bits per heavy atom. The lowest BCUT2D eigenvalue weighted by molar-refractivity contribution is 0.0696. The Hall–Kier alpha value is -4.56. The van der Waals surface area contributed by atoms with Crippen LogP contribution in [0.4, 0.5) is 0 Å². The van der Waals surface area contributed by atoms with Gasteiger partial charge in [0.05, 0.1) is 18.4 Å². The number of halogens is 1. The van der Waals surface area contributed by atoms with Gasteiger partial charge < -0.3 is 19.0 Å². The molecule has 0 unspecified atom stereocenters. The zero-order valence-corrected chi connectivity index (χ0v) is 21.3. The summed E-state index contributed by atoms with van der Waals surface area (Å²) in [6, 6.07) is 16.8. The number of rotatable bonds is 11. The zero-order chi connectivity index (χ0) is 27.1. The molecule has 4 aromatic rings. The van der Waals surface area contributed by atoms with E-state index in [1.165, 1.54) is 18.3 Å². The molecule has 0 fully saturated rings. The molecule has 0 aliphatic carbocycles. The summed E-state index contributed by atoms with van der Waals surface area (Å²) in [5, 5.41) is 14.4. The predicted octanol–water partition coefficient (Wildman–Crippen LogP) is 6.25. The monoisotopic (exact) mass is 532 g/mol. The quantitative estimate of drug-likeness (QED) is 0.134. The molecule has 0 aliphatic heterocycles. The van der Waals surface area contributed by atoms with Crippen molar-refractivity contribution in [1.29, 1.82) is 0 Å². The molecule has 0 aliphatic rings. The number of carbonyl (C=O) groups excluding carboxylic acids is 1. The van der Waals surface area contributed by atoms with Crippen molar-refractivity contribution < 1.29 is 28.6 Å². The standard InChI is InChI=1S/C29H25ClN2O6/c1-3-5-21-12-19(16-31-32-28(33)26-15-22-14-23(30)10-11-24(22)38-26)13-25(36-4-2)27(21)37-17-18-6-8-20(9-7-18)29(34)35/h3,6-16H,1,4-5,17H2,2H3,(H,32,33)(H,34,35)/b31-16+. The van der Waals surface area contributed by atoms with E-state index in [1.807, 2.05) is 13.0 Å². The highest BCUT2D eigenvalue weighted by atomic mass is 35.5. The lowest BCUT2D eigenvalue weighted by Gasteiger charge is -2.17. The fraction of sp³-hybridized carbons (Fsp3) is 0.138. The Labute approximate surface area is 224 Å². The molecule has 0 saturated carbocycles. The first-order valence-corrected chi connectivity index (χ1v) is 12.1. The SMILES string of the molecule is C=CCc1cc(/C=N/NC(=O)c2cc3cc(Cl)ccc3o2)cc(OCC)c1OCc1ccc(C(=O)O)cc1. The molecule has 9 heteroatoms. The van der Waals surface area contributed by atoms with E-state index >= 15 is 0 Å². The molecule has 4 rings (SSSR count). The number of carbonyl (C=O) groups is 2. The molecule has 0 bridgehead atoms. The van der Waals surface area contributed by atoms with Crippen molar-refractivity contribution in [1.82, 2.24) is 5.43 Å². The molecular weight excluding hydrogens is 508 g/mol. The number of amides is 1. The number of hydrogen-bond acceptors (Lipinski definition) is 6. The van der Waals surface area contributed by atoms with Crippen molar-refractivity contribution in [2.45, 2.75) is 20.0 Å². The third kappa shape index (κ3) is 6.41. The Morgan fingerprint density at radius 3 is 2.61 bits per heavy atom. The Kier molecular flexibility index (Phi) is 8.45. The number of hydrogen-bond donors (Lipinski definition) is 2. The Balaban J connectivity index is 1.51. The Bertz CT molecular complexity index is 1510. The number of carboxylic acids is 1. The summed E-state index contributed by atoms with van der Waals surface area (Å²) in [6.45, 7) is 6.32. The fourth-order valence-electron chi connectivity index (χ4n) is 3.74. The van der Waals surface area contributed by atoms with Crippen LogP contribution in [0, 0.1) is 0 Å². The number of aromatic carboxylic acids is 1. The first-order chi connectivity index (χ1) is 18.4. The van der Waals surface area contributed by atoms with Gasteiger partial charge in [-0.05, 0) is 73.0 Å². The summed E-state index contributed by atoms with van der Waals surface area (Å²) in [5.41, 5.74) is 5.53. The number of benzene rings is 3. The van der Waals surface area contributed by atoms with E-state index in [2.05, 4.69) is 17.1 Å². The molecule has 3 aromatic carbocycles. The maximum atomic E-state index is 12.5. The maximum absolute atomic E-state index is 12.5. The van der Waals surface area contributed by atoms with Gasteiger partial charge in [-0.25, -0.2) is 10.2 Å². The number of carboxylic acid groups (broad SMARTS) is 1. The summed E-state index contributed by atoms with van der Waals surface area (Å²) >= 11 is 6.00. The van der Waals surface area contributed by atoms with E-state index in [0.29, 0.717) is 40.7 Å². The van der Waals surface area contributed by atoms with Crippen LogP contribution in [0.25, 0.3) is 11.0 Å². The molecule has 194 valence electrons. The summed E-state index contributed by atoms with van der Waals surface area (Å²) in [6.07, 6.45) is 3.75. The zero-order valence-electron chi connectivity index (χ0n) is 20.6. The highest BCUT2D eigenvalue weighted by molar-refractivity contribution is 6.31. The largest absolute Gasteiger partial charge is 0.490 e. The Morgan fingerprint density at radius 2 is 1.89 bits per heavy atom. The van der Waals surface area contributed by atoms with Gasteiger partial charge in [-0.1, -0.05) is 29.8 Å². The predicted molar refractivity (Wildman–Crippen MR) is 146 cm³/mol. The van der Waals surface area contributed by atoms with Gasteiger partial charge in [0.2, 0.25) is 0 Å². The van der Waals surface area contributed by atoms with E-state index in [9.17, 15) is 9.59 Å². The molecule has 8 nitrogen and oxygen atoms in total. The van der Waals surface area contributed by atoms with Crippen LogP contribution in [-0.4, -0.2) is 29.8 Å². The van der Waals surface area contributed by atoms with Crippen LogP contribution in [0.5, 0.6) is 11.5 Å². The van der Waals surface area contributed by atoms with Crippen LogP contribution < -0.4 is 14.9 Å². The molecule has 38 heavy (non-hydrogen) atoms. The van der Waals surface area contributed by atoms with Gasteiger partial charge in [0.25, 0.3) is 0 Å². The average Bonchev–Trinajstić information content (AvgIpc) is 3.32. The molecule has 0 radical (unpaired) electrons. The number of nitrogens with zero attached hydrogens (tertiary/aromatic N) is 1. The first kappa shape index (κ1) is 26.5. The van der Waals surface area contributed by atoms with E-state index in [0.717, 1.165) is 16.5 Å². The number of hydrazone groups is 1. The van der Waals surface area contributed by atoms with Crippen molar-refractivity contribution >= 4 is 40.7 Å². The van der Waals surface area contributed by atoms with Gasteiger partial charge in [-0.3, -0.25) is 4.79 Å². The molecule has 1 heterocycles. The third-order valence-corrected chi connectivity index (χ3v) is 5.72. The van der Waals surface area contributed by atoms with E-state index in [-0.39, 0.29) is 17.9 Å². The average molecular weight is 533 g/mol. The smallest absolute Gasteiger partial charge is 0.335 e. The molecule has 2 N–H and O–H groups in total. The van der Waals surface area contributed by atoms with E-state index in [1.54, 1.807) is 48.5 Å². The maximum Gasteiger partial charge on any atom is 0.335 e. The topological polar surface area (TPSA) is 110 Å². The van der Waals surface area contributed by atoms with Gasteiger partial charge in [-0.15, -0.1) is 6.58 Å². The van der Waals surface area contributed by atoms with E-state index in [4.69, 9.17) is 30.6 Å². The van der Waals surface area contributed by atoms with Crippen molar-refractivity contribution in [3.63, 3.8) is 0 Å². The van der Waals surface area contributed by atoms with Gasteiger partial charge in [0.1, 0.15) is 12.2 Å².